The monoisotopic (exact) mass is 326 g/mol. The van der Waals surface area contributed by atoms with Crippen LogP contribution in [0.4, 0.5) is 10.5 Å². The largest absolute Gasteiger partial charge is 0.530 e. The van der Waals surface area contributed by atoms with Crippen LogP contribution < -0.4 is 14.7 Å². The molecule has 0 unspecified atom stereocenters. The van der Waals surface area contributed by atoms with Crippen LogP contribution in [0.15, 0.2) is 18.2 Å². The zero-order valence-corrected chi connectivity index (χ0v) is 14.2. The number of amides is 1. The second-order valence-corrected chi connectivity index (χ2v) is 5.76. The van der Waals surface area contributed by atoms with E-state index in [0.29, 0.717) is 23.0 Å². The number of carbonyl (C=O) groups excluding carboxylic acids is 1. The van der Waals surface area contributed by atoms with Gasteiger partial charge < -0.3 is 19.5 Å². The maximum Gasteiger partial charge on any atom is 0.141 e. The second kappa shape index (κ2) is 10.3. The third-order valence-electron chi connectivity index (χ3n) is 3.65. The number of carboxylic acid groups (broad SMARTS) is 1. The van der Waals surface area contributed by atoms with Gasteiger partial charge in [-0.15, -0.1) is 0 Å². The molecule has 0 aliphatic carbocycles. The number of rotatable bonds is 10. The van der Waals surface area contributed by atoms with Crippen LogP contribution in [0.25, 0.3) is 0 Å². The Balaban J connectivity index is 2.49. The number of hydrogen-bond acceptors (Lipinski definition) is 3. The summed E-state index contributed by atoms with van der Waals surface area (Å²) in [5.41, 5.74) is 0.525. The lowest BCUT2D eigenvalue weighted by molar-refractivity contribution is -0.246. The summed E-state index contributed by atoms with van der Waals surface area (Å²) >= 11 is 6.05. The predicted octanol–water partition coefficient (Wildman–Crippen LogP) is 4.25. The maximum absolute atomic E-state index is 11.3. The molecule has 1 aromatic carbocycles. The van der Waals surface area contributed by atoms with Crippen molar-refractivity contribution in [2.75, 3.05) is 18.6 Å². The standard InChI is InChI=1S/C17H26ClNO3/c1-3-4-5-6-7-8-9-12-19(17(20)21)14-10-11-16(22-2)15(18)13-14/h10-11,13H,3-9,12H2,1-2H3,(H,20,21)/p-1. The number of nitrogens with zero attached hydrogens (tertiary/aromatic N) is 1. The smallest absolute Gasteiger partial charge is 0.141 e. The molecule has 5 heteroatoms. The molecule has 1 amide bonds. The number of ether oxygens (including phenoxy) is 1. The molecule has 0 radical (unpaired) electrons. The fourth-order valence-corrected chi connectivity index (χ4v) is 2.63. The number of hydrogen-bond donors (Lipinski definition) is 0. The summed E-state index contributed by atoms with van der Waals surface area (Å²) in [6.07, 6.45) is 6.77. The molecule has 0 saturated carbocycles. The van der Waals surface area contributed by atoms with Crippen molar-refractivity contribution in [3.8, 4) is 5.75 Å². The first kappa shape index (κ1) is 18.6. The molecule has 22 heavy (non-hydrogen) atoms. The van der Waals surface area contributed by atoms with Gasteiger partial charge in [0.2, 0.25) is 0 Å². The Labute approximate surface area is 138 Å². The van der Waals surface area contributed by atoms with Crippen LogP contribution >= 0.6 is 11.6 Å². The molecule has 1 aromatic rings. The van der Waals surface area contributed by atoms with Crippen molar-refractivity contribution in [3.05, 3.63) is 23.2 Å². The molecule has 0 bridgehead atoms. The molecular formula is C17H25ClNO3-. The van der Waals surface area contributed by atoms with Crippen molar-refractivity contribution in [2.45, 2.75) is 51.9 Å². The third-order valence-corrected chi connectivity index (χ3v) is 3.95. The lowest BCUT2D eigenvalue weighted by atomic mass is 10.1. The average molecular weight is 327 g/mol. The minimum Gasteiger partial charge on any atom is -0.530 e. The maximum atomic E-state index is 11.3. The molecule has 0 atom stereocenters. The van der Waals surface area contributed by atoms with Crippen LogP contribution in [0.5, 0.6) is 5.75 Å². The third kappa shape index (κ3) is 6.14. The van der Waals surface area contributed by atoms with E-state index in [9.17, 15) is 9.90 Å². The molecular weight excluding hydrogens is 302 g/mol. The summed E-state index contributed by atoms with van der Waals surface area (Å²) in [5, 5.41) is 11.7. The topological polar surface area (TPSA) is 52.6 Å². The van der Waals surface area contributed by atoms with E-state index in [-0.39, 0.29) is 0 Å². The molecule has 0 fully saturated rings. The fourth-order valence-electron chi connectivity index (χ4n) is 2.38. The van der Waals surface area contributed by atoms with E-state index >= 15 is 0 Å². The van der Waals surface area contributed by atoms with Crippen LogP contribution in [0, 0.1) is 0 Å². The van der Waals surface area contributed by atoms with E-state index in [1.54, 1.807) is 18.2 Å². The first-order valence-corrected chi connectivity index (χ1v) is 8.30. The summed E-state index contributed by atoms with van der Waals surface area (Å²) in [5.74, 6) is 0.527. The Bertz CT molecular complexity index is 465. The van der Waals surface area contributed by atoms with Crippen molar-refractivity contribution < 1.29 is 14.6 Å². The summed E-state index contributed by atoms with van der Waals surface area (Å²) < 4.78 is 5.07. The Morgan fingerprint density at radius 2 is 1.82 bits per heavy atom. The molecule has 0 aliphatic heterocycles. The highest BCUT2D eigenvalue weighted by molar-refractivity contribution is 6.32. The SMILES string of the molecule is CCCCCCCCCN(C(=O)[O-])c1ccc(OC)c(Cl)c1. The number of carbonyl (C=O) groups is 1. The van der Waals surface area contributed by atoms with Crippen molar-refractivity contribution in [3.63, 3.8) is 0 Å². The van der Waals surface area contributed by atoms with Gasteiger partial charge in [0.25, 0.3) is 0 Å². The first-order chi connectivity index (χ1) is 10.6. The highest BCUT2D eigenvalue weighted by Gasteiger charge is 2.10. The minimum atomic E-state index is -1.20. The van der Waals surface area contributed by atoms with E-state index < -0.39 is 6.09 Å². The Morgan fingerprint density at radius 3 is 2.36 bits per heavy atom. The molecule has 0 heterocycles. The molecule has 4 nitrogen and oxygen atoms in total. The molecule has 0 N–H and O–H groups in total. The van der Waals surface area contributed by atoms with Gasteiger partial charge in [-0.25, -0.2) is 0 Å². The van der Waals surface area contributed by atoms with Gasteiger partial charge in [0, 0.05) is 12.2 Å². The van der Waals surface area contributed by atoms with Gasteiger partial charge in [-0.2, -0.15) is 0 Å². The Morgan fingerprint density at radius 1 is 1.18 bits per heavy atom. The molecule has 124 valence electrons. The number of unbranched alkanes of at least 4 members (excludes halogenated alkanes) is 6. The minimum absolute atomic E-state index is 0.394. The summed E-state index contributed by atoms with van der Waals surface area (Å²) in [4.78, 5) is 12.5. The zero-order valence-electron chi connectivity index (χ0n) is 13.4. The van der Waals surface area contributed by atoms with Crippen LogP contribution in [-0.4, -0.2) is 19.7 Å². The number of halogens is 1. The normalized spacial score (nSPS) is 10.5. The van der Waals surface area contributed by atoms with E-state index in [1.807, 2.05) is 0 Å². The van der Waals surface area contributed by atoms with Crippen LogP contribution in [0.2, 0.25) is 5.02 Å². The van der Waals surface area contributed by atoms with Gasteiger partial charge in [-0.1, -0.05) is 57.0 Å². The van der Waals surface area contributed by atoms with Gasteiger partial charge in [-0.3, -0.25) is 0 Å². The van der Waals surface area contributed by atoms with Crippen molar-refractivity contribution in [1.82, 2.24) is 0 Å². The van der Waals surface area contributed by atoms with Gasteiger partial charge in [-0.05, 0) is 24.6 Å². The van der Waals surface area contributed by atoms with Crippen LogP contribution in [0.3, 0.4) is 0 Å². The quantitative estimate of drug-likeness (QED) is 0.604. The molecule has 0 saturated heterocycles. The van der Waals surface area contributed by atoms with Crippen molar-refractivity contribution in [1.29, 1.82) is 0 Å². The molecule has 0 aromatic heterocycles. The van der Waals surface area contributed by atoms with Crippen LogP contribution in [-0.2, 0) is 0 Å². The van der Waals surface area contributed by atoms with Crippen molar-refractivity contribution in [2.24, 2.45) is 0 Å². The van der Waals surface area contributed by atoms with Gasteiger partial charge in [0.15, 0.2) is 0 Å². The molecule has 0 spiro atoms. The van der Waals surface area contributed by atoms with Gasteiger partial charge >= 0.3 is 0 Å². The summed E-state index contributed by atoms with van der Waals surface area (Å²) in [7, 11) is 1.52. The van der Waals surface area contributed by atoms with E-state index in [2.05, 4.69) is 6.92 Å². The summed E-state index contributed by atoms with van der Waals surface area (Å²) in [6.45, 7) is 2.62. The van der Waals surface area contributed by atoms with E-state index in [0.717, 1.165) is 19.3 Å². The fraction of sp³-hybridized carbons (Fsp3) is 0.588. The van der Waals surface area contributed by atoms with E-state index in [1.165, 1.54) is 37.7 Å². The number of benzene rings is 1. The average Bonchev–Trinajstić information content (AvgIpc) is 2.49. The van der Waals surface area contributed by atoms with Gasteiger partial charge in [0.05, 0.1) is 12.1 Å². The second-order valence-electron chi connectivity index (χ2n) is 5.36. The lowest BCUT2D eigenvalue weighted by Gasteiger charge is -2.25. The first-order valence-electron chi connectivity index (χ1n) is 7.92. The zero-order chi connectivity index (χ0) is 16.4. The highest BCUT2D eigenvalue weighted by Crippen LogP contribution is 2.29. The highest BCUT2D eigenvalue weighted by atomic mass is 35.5. The predicted molar refractivity (Wildman–Crippen MR) is 88.7 cm³/mol. The Hall–Kier alpha value is -1.42. The van der Waals surface area contributed by atoms with Crippen LogP contribution in [0.1, 0.15) is 51.9 Å². The molecule has 0 aliphatic rings. The number of anilines is 1. The van der Waals surface area contributed by atoms with E-state index in [4.69, 9.17) is 16.3 Å². The number of methoxy groups -OCH3 is 1. The molecule has 1 rings (SSSR count). The lowest BCUT2D eigenvalue weighted by Crippen LogP contribution is -2.42. The van der Waals surface area contributed by atoms with Gasteiger partial charge in [0.1, 0.15) is 11.8 Å². The summed E-state index contributed by atoms with van der Waals surface area (Å²) in [6, 6.07) is 4.94. The Kier molecular flexibility index (Phi) is 8.75. The van der Waals surface area contributed by atoms with Crippen molar-refractivity contribution >= 4 is 23.4 Å².